The molecule has 4 heterocycles. The van der Waals surface area contributed by atoms with Gasteiger partial charge in [-0.2, -0.15) is 22.1 Å². The second kappa shape index (κ2) is 25.5. The van der Waals surface area contributed by atoms with Crippen molar-refractivity contribution in [3.63, 3.8) is 0 Å². The van der Waals surface area contributed by atoms with Gasteiger partial charge in [-0.15, -0.1) is 0 Å². The molecule has 8 rings (SSSR count). The number of aromatic nitrogens is 3. The van der Waals surface area contributed by atoms with E-state index >= 15 is 0 Å². The van der Waals surface area contributed by atoms with Crippen LogP contribution in [0.4, 0.5) is 5.69 Å². The molecule has 2 aliphatic heterocycles. The van der Waals surface area contributed by atoms with Gasteiger partial charge in [0.05, 0.1) is 43.3 Å². The highest BCUT2D eigenvalue weighted by atomic mass is 32.2. The molecule has 4 aromatic carbocycles. The van der Waals surface area contributed by atoms with Gasteiger partial charge in [0.2, 0.25) is 0 Å². The Bertz CT molecular complexity index is 2930. The molecule has 0 radical (unpaired) electrons. The predicted molar refractivity (Wildman–Crippen MR) is 297 cm³/mol. The van der Waals surface area contributed by atoms with Gasteiger partial charge in [-0.05, 0) is 88.2 Å². The number of piperazine rings is 2. The highest BCUT2D eigenvalue weighted by Crippen LogP contribution is 2.39. The summed E-state index contributed by atoms with van der Waals surface area (Å²) in [6, 6.07) is 28.8. The Morgan fingerprint density at radius 2 is 1.40 bits per heavy atom. The SMILES string of the molecule is Cc1nn(C)c(COc2ccc(N3CCN(S(=O)(=O)N(C)C)CC3)cc2)c1-c1cccc2c(CCCOc3cccc4ccccc34)c(C(=O)OC(C)(C)C)n(CCN3CCN(CCCOCCOCCN)CC3)c12. The quantitative estimate of drug-likeness (QED) is 0.0463. The fourth-order valence-corrected chi connectivity index (χ4v) is 11.4. The summed E-state index contributed by atoms with van der Waals surface area (Å²) >= 11 is 0. The topological polar surface area (TPSA) is 162 Å². The third-order valence-corrected chi connectivity index (χ3v) is 16.0. The highest BCUT2D eigenvalue weighted by Gasteiger charge is 2.32. The number of hydrogen-bond acceptors (Lipinski definition) is 13. The fraction of sp³-hybridized carbons (Fsp3) is 0.509. The number of para-hydroxylation sites is 1. The van der Waals surface area contributed by atoms with Crippen LogP contribution in [0.25, 0.3) is 32.8 Å². The minimum Gasteiger partial charge on any atom is -0.493 e. The number of nitrogens with two attached hydrogens (primary N) is 1. The molecule has 17 nitrogen and oxygen atoms in total. The predicted octanol–water partition coefficient (Wildman–Crippen LogP) is 6.98. The van der Waals surface area contributed by atoms with Crippen LogP contribution in [0.15, 0.2) is 84.9 Å². The zero-order chi connectivity index (χ0) is 53.1. The number of anilines is 1. The summed E-state index contributed by atoms with van der Waals surface area (Å²) in [7, 11) is 1.62. The summed E-state index contributed by atoms with van der Waals surface area (Å²) < 4.78 is 63.0. The van der Waals surface area contributed by atoms with Crippen LogP contribution < -0.4 is 20.1 Å². The van der Waals surface area contributed by atoms with E-state index in [4.69, 9.17) is 34.5 Å². The summed E-state index contributed by atoms with van der Waals surface area (Å²) in [5.41, 5.74) is 12.0. The maximum atomic E-state index is 14.8. The van der Waals surface area contributed by atoms with E-state index in [2.05, 4.69) is 55.7 Å². The minimum atomic E-state index is -3.46. The second-order valence-corrected chi connectivity index (χ2v) is 22.8. The number of hydrogen-bond donors (Lipinski definition) is 1. The van der Waals surface area contributed by atoms with Gasteiger partial charge in [-0.3, -0.25) is 9.58 Å². The van der Waals surface area contributed by atoms with Crippen LogP contribution in [-0.2, 0) is 51.0 Å². The number of fused-ring (bicyclic) bond motifs is 2. The Kier molecular flexibility index (Phi) is 18.9. The molecular weight excluding hydrogens is 971 g/mol. The van der Waals surface area contributed by atoms with Crippen molar-refractivity contribution >= 4 is 43.5 Å². The van der Waals surface area contributed by atoms with Crippen LogP contribution >= 0.6 is 0 Å². The molecule has 6 aromatic rings. The lowest BCUT2D eigenvalue weighted by molar-refractivity contribution is 0.00557. The zero-order valence-corrected chi connectivity index (χ0v) is 46.1. The van der Waals surface area contributed by atoms with E-state index in [1.165, 1.54) is 8.61 Å². The molecule has 0 aliphatic carbocycles. The number of esters is 1. The number of carbonyl (C=O) groups is 1. The number of aryl methyl sites for hydroxylation is 3. The molecule has 75 heavy (non-hydrogen) atoms. The number of rotatable bonds is 25. The maximum Gasteiger partial charge on any atom is 0.355 e. The first-order chi connectivity index (χ1) is 36.1. The number of benzene rings is 4. The van der Waals surface area contributed by atoms with E-state index in [1.54, 1.807) is 14.1 Å². The van der Waals surface area contributed by atoms with Crippen LogP contribution in [0.3, 0.4) is 0 Å². The van der Waals surface area contributed by atoms with E-state index in [0.717, 1.165) is 107 Å². The first-order valence-corrected chi connectivity index (χ1v) is 28.0. The summed E-state index contributed by atoms with van der Waals surface area (Å²) in [4.78, 5) is 22.1. The van der Waals surface area contributed by atoms with Gasteiger partial charge < -0.3 is 43.8 Å². The Labute approximate surface area is 444 Å². The molecule has 2 saturated heterocycles. The van der Waals surface area contributed by atoms with Crippen LogP contribution in [0, 0.1) is 6.92 Å². The molecule has 406 valence electrons. The molecule has 0 unspecified atom stereocenters. The number of ether oxygens (including phenoxy) is 5. The molecule has 2 aromatic heterocycles. The van der Waals surface area contributed by atoms with Gasteiger partial charge in [0.1, 0.15) is 29.4 Å². The first-order valence-electron chi connectivity index (χ1n) is 26.6. The van der Waals surface area contributed by atoms with Crippen LogP contribution in [0.5, 0.6) is 11.5 Å². The number of carbonyl (C=O) groups excluding carboxylic acids is 1. The fourth-order valence-electron chi connectivity index (χ4n) is 10.3. The van der Waals surface area contributed by atoms with Crippen LogP contribution in [0.2, 0.25) is 0 Å². The Hall–Kier alpha value is -5.57. The summed E-state index contributed by atoms with van der Waals surface area (Å²) in [5, 5.41) is 8.17. The zero-order valence-electron chi connectivity index (χ0n) is 45.3. The largest absolute Gasteiger partial charge is 0.493 e. The van der Waals surface area contributed by atoms with E-state index in [9.17, 15) is 13.2 Å². The van der Waals surface area contributed by atoms with Crippen molar-refractivity contribution in [1.82, 2.24) is 32.8 Å². The normalized spacial score (nSPS) is 15.4. The highest BCUT2D eigenvalue weighted by molar-refractivity contribution is 7.86. The molecule has 0 atom stereocenters. The van der Waals surface area contributed by atoms with Gasteiger partial charge in [0, 0.05) is 134 Å². The monoisotopic (exact) mass is 1050 g/mol. The molecular formula is C57H79N9O8S. The molecule has 0 spiro atoms. The Morgan fingerprint density at radius 1 is 0.733 bits per heavy atom. The molecule has 0 amide bonds. The van der Waals surface area contributed by atoms with Crippen molar-refractivity contribution in [3.05, 3.63) is 108 Å². The molecule has 2 N–H and O–H groups in total. The summed E-state index contributed by atoms with van der Waals surface area (Å²) in [6.45, 7) is 19.5. The van der Waals surface area contributed by atoms with E-state index in [0.29, 0.717) is 96.6 Å². The second-order valence-electron chi connectivity index (χ2n) is 20.7. The van der Waals surface area contributed by atoms with E-state index in [1.807, 2.05) is 88.0 Å². The first kappa shape index (κ1) is 55.7. The third-order valence-electron chi connectivity index (χ3n) is 14.1. The van der Waals surface area contributed by atoms with Crippen molar-refractivity contribution in [3.8, 4) is 22.6 Å². The molecule has 0 bridgehead atoms. The van der Waals surface area contributed by atoms with E-state index < -0.39 is 15.8 Å². The molecule has 18 heteroatoms. The van der Waals surface area contributed by atoms with Crippen molar-refractivity contribution in [2.75, 3.05) is 124 Å². The smallest absolute Gasteiger partial charge is 0.355 e. The molecule has 0 saturated carbocycles. The number of nitrogens with zero attached hydrogens (tertiary/aromatic N) is 8. The average Bonchev–Trinajstić information content (AvgIpc) is 3.88. The van der Waals surface area contributed by atoms with Gasteiger partial charge >= 0.3 is 5.97 Å². The lowest BCUT2D eigenvalue weighted by Gasteiger charge is -2.36. The molecule has 2 aliphatic rings. The van der Waals surface area contributed by atoms with Gasteiger partial charge in [0.25, 0.3) is 10.2 Å². The average molecular weight is 1050 g/mol. The van der Waals surface area contributed by atoms with Crippen molar-refractivity contribution in [2.45, 2.75) is 65.7 Å². The lowest BCUT2D eigenvalue weighted by Crippen LogP contribution is -2.51. The minimum absolute atomic E-state index is 0.251. The van der Waals surface area contributed by atoms with Gasteiger partial charge in [-0.25, -0.2) is 4.79 Å². The lowest BCUT2D eigenvalue weighted by atomic mass is 9.98. The van der Waals surface area contributed by atoms with E-state index in [-0.39, 0.29) is 12.6 Å². The molecule has 2 fully saturated rings. The Balaban J connectivity index is 1.06. The van der Waals surface area contributed by atoms with Gasteiger partial charge in [-0.1, -0.05) is 54.6 Å². The Morgan fingerprint density at radius 3 is 2.11 bits per heavy atom. The third kappa shape index (κ3) is 13.9. The van der Waals surface area contributed by atoms with Crippen molar-refractivity contribution in [2.24, 2.45) is 12.8 Å². The summed E-state index contributed by atoms with van der Waals surface area (Å²) in [5.74, 6) is 1.20. The standard InChI is InChI=1S/C57H79N9O8S/c1-43-53(51(61(7)59-43)42-73-46-23-21-45(22-24-46)64-32-34-65(35-33-64)75(68,69)60(5)6)50-18-11-17-48-49(19-12-38-72-52-20-10-15-44-14-8-9-16-47(44)52)55(56(67)74-57(2,3)4)66(54(48)50)36-31-63-29-27-62(28-30-63)26-13-37-70-40-41-71-39-25-58/h8-11,14-18,20-24H,12-13,19,25-42,58H2,1-7H3. The summed E-state index contributed by atoms with van der Waals surface area (Å²) in [6.07, 6.45) is 2.23. The van der Waals surface area contributed by atoms with Gasteiger partial charge in [0.15, 0.2) is 0 Å². The van der Waals surface area contributed by atoms with Crippen LogP contribution in [-0.4, -0.2) is 172 Å². The van der Waals surface area contributed by atoms with Crippen molar-refractivity contribution < 1.29 is 36.9 Å². The van der Waals surface area contributed by atoms with Crippen LogP contribution in [0.1, 0.15) is 61.1 Å². The van der Waals surface area contributed by atoms with Crippen molar-refractivity contribution in [1.29, 1.82) is 0 Å². The maximum absolute atomic E-state index is 14.8.